The molecule has 0 heterocycles. The standard InChI is InChI=1S/C23H24O3/c1-14-11-17(5-8-20(14)24)23(4,18-6-9-21(25)15(2)12-18)19-7-10-22(26)16(3)13-19/h5-13,24-26H,1-4H3. The zero-order chi connectivity index (χ0) is 19.1. The van der Waals surface area contributed by atoms with E-state index in [1.54, 1.807) is 18.2 Å². The number of hydrogen-bond acceptors (Lipinski definition) is 3. The molecule has 3 nitrogen and oxygen atoms in total. The Morgan fingerprint density at radius 1 is 0.538 bits per heavy atom. The van der Waals surface area contributed by atoms with Crippen LogP contribution in [0.2, 0.25) is 0 Å². The fraction of sp³-hybridized carbons (Fsp3) is 0.217. The highest BCUT2D eigenvalue weighted by Crippen LogP contribution is 2.42. The molecule has 0 unspecified atom stereocenters. The van der Waals surface area contributed by atoms with Crippen molar-refractivity contribution in [3.63, 3.8) is 0 Å². The molecule has 0 saturated carbocycles. The van der Waals surface area contributed by atoms with Gasteiger partial charge in [-0.2, -0.15) is 0 Å². The summed E-state index contributed by atoms with van der Waals surface area (Å²) in [7, 11) is 0. The highest BCUT2D eigenvalue weighted by molar-refractivity contribution is 5.55. The van der Waals surface area contributed by atoms with Gasteiger partial charge in [-0.15, -0.1) is 0 Å². The molecule has 3 N–H and O–H groups in total. The van der Waals surface area contributed by atoms with Gasteiger partial charge >= 0.3 is 0 Å². The number of rotatable bonds is 3. The van der Waals surface area contributed by atoms with Crippen molar-refractivity contribution >= 4 is 0 Å². The first kappa shape index (κ1) is 17.9. The van der Waals surface area contributed by atoms with Gasteiger partial charge in [0.05, 0.1) is 0 Å². The van der Waals surface area contributed by atoms with Gasteiger partial charge in [0.2, 0.25) is 0 Å². The summed E-state index contributed by atoms with van der Waals surface area (Å²) >= 11 is 0. The minimum Gasteiger partial charge on any atom is -0.508 e. The predicted molar refractivity (Wildman–Crippen MR) is 104 cm³/mol. The van der Waals surface area contributed by atoms with Gasteiger partial charge in [0.1, 0.15) is 17.2 Å². The maximum atomic E-state index is 9.95. The summed E-state index contributed by atoms with van der Waals surface area (Å²) in [6, 6.07) is 16.9. The van der Waals surface area contributed by atoms with E-state index in [1.165, 1.54) is 0 Å². The van der Waals surface area contributed by atoms with E-state index < -0.39 is 5.41 Å². The summed E-state index contributed by atoms with van der Waals surface area (Å²) < 4.78 is 0. The Labute approximate surface area is 154 Å². The molecule has 0 fully saturated rings. The Balaban J connectivity index is 2.31. The molecule has 0 amide bonds. The van der Waals surface area contributed by atoms with Crippen molar-refractivity contribution in [2.75, 3.05) is 0 Å². The van der Waals surface area contributed by atoms with Gasteiger partial charge in [-0.3, -0.25) is 0 Å². The molecule has 0 aromatic heterocycles. The van der Waals surface area contributed by atoms with Crippen molar-refractivity contribution in [3.8, 4) is 17.2 Å². The first-order valence-corrected chi connectivity index (χ1v) is 8.63. The van der Waals surface area contributed by atoms with Crippen LogP contribution in [-0.4, -0.2) is 15.3 Å². The summed E-state index contributed by atoms with van der Waals surface area (Å²) in [5.74, 6) is 0.791. The zero-order valence-electron chi connectivity index (χ0n) is 15.5. The molecule has 3 heteroatoms. The van der Waals surface area contributed by atoms with Gasteiger partial charge in [0, 0.05) is 5.41 Å². The minimum absolute atomic E-state index is 0.264. The van der Waals surface area contributed by atoms with E-state index in [1.807, 2.05) is 57.2 Å². The minimum atomic E-state index is -0.505. The van der Waals surface area contributed by atoms with E-state index in [0.717, 1.165) is 33.4 Å². The molecular formula is C23H24O3. The molecular weight excluding hydrogens is 324 g/mol. The summed E-state index contributed by atoms with van der Waals surface area (Å²) in [4.78, 5) is 0. The zero-order valence-corrected chi connectivity index (χ0v) is 15.5. The van der Waals surface area contributed by atoms with Crippen LogP contribution in [0, 0.1) is 20.8 Å². The molecule has 3 rings (SSSR count). The molecule has 26 heavy (non-hydrogen) atoms. The summed E-state index contributed by atoms with van der Waals surface area (Å²) in [6.45, 7) is 7.76. The maximum Gasteiger partial charge on any atom is 0.118 e. The molecule has 0 radical (unpaired) electrons. The van der Waals surface area contributed by atoms with E-state index in [2.05, 4.69) is 6.92 Å². The first-order chi connectivity index (χ1) is 12.2. The molecule has 0 aliphatic carbocycles. The second kappa shape index (κ2) is 6.41. The Morgan fingerprint density at radius 2 is 0.808 bits per heavy atom. The normalized spacial score (nSPS) is 11.5. The molecule has 0 bridgehead atoms. The second-order valence-electron chi connectivity index (χ2n) is 7.13. The molecule has 0 atom stereocenters. The maximum absolute atomic E-state index is 9.95. The van der Waals surface area contributed by atoms with Gasteiger partial charge in [0.25, 0.3) is 0 Å². The topological polar surface area (TPSA) is 60.7 Å². The van der Waals surface area contributed by atoms with Crippen LogP contribution in [0.5, 0.6) is 17.2 Å². The Kier molecular flexibility index (Phi) is 4.41. The van der Waals surface area contributed by atoms with Crippen LogP contribution in [0.3, 0.4) is 0 Å². The summed E-state index contributed by atoms with van der Waals surface area (Å²) in [5.41, 5.74) is 5.00. The fourth-order valence-corrected chi connectivity index (χ4v) is 3.40. The van der Waals surface area contributed by atoms with E-state index >= 15 is 0 Å². The Bertz CT molecular complexity index is 848. The summed E-state index contributed by atoms with van der Waals surface area (Å²) in [6.07, 6.45) is 0. The van der Waals surface area contributed by atoms with E-state index in [9.17, 15) is 15.3 Å². The molecule has 134 valence electrons. The number of hydrogen-bond donors (Lipinski definition) is 3. The lowest BCUT2D eigenvalue weighted by Gasteiger charge is -2.33. The summed E-state index contributed by atoms with van der Waals surface area (Å²) in [5, 5.41) is 29.8. The predicted octanol–water partition coefficient (Wildman–Crippen LogP) is 5.08. The molecule has 0 aliphatic heterocycles. The van der Waals surface area contributed by atoms with Crippen LogP contribution in [0.1, 0.15) is 40.3 Å². The quantitative estimate of drug-likeness (QED) is 0.578. The second-order valence-corrected chi connectivity index (χ2v) is 7.13. The van der Waals surface area contributed by atoms with E-state index in [4.69, 9.17) is 0 Å². The number of phenols is 3. The average Bonchev–Trinajstić information content (AvgIpc) is 2.61. The van der Waals surface area contributed by atoms with Gasteiger partial charge in [0.15, 0.2) is 0 Å². The van der Waals surface area contributed by atoms with Crippen molar-refractivity contribution in [2.24, 2.45) is 0 Å². The number of aromatic hydroxyl groups is 3. The van der Waals surface area contributed by atoms with Crippen molar-refractivity contribution in [3.05, 3.63) is 88.0 Å². The van der Waals surface area contributed by atoms with Gasteiger partial charge in [-0.25, -0.2) is 0 Å². The number of benzene rings is 3. The molecule has 0 saturated heterocycles. The van der Waals surface area contributed by atoms with Crippen LogP contribution >= 0.6 is 0 Å². The monoisotopic (exact) mass is 348 g/mol. The third kappa shape index (κ3) is 2.90. The third-order valence-electron chi connectivity index (χ3n) is 5.32. The lowest BCUT2D eigenvalue weighted by Crippen LogP contribution is -2.25. The van der Waals surface area contributed by atoms with Crippen molar-refractivity contribution in [1.82, 2.24) is 0 Å². The SMILES string of the molecule is Cc1cc(C(C)(c2ccc(O)c(C)c2)c2ccc(O)c(C)c2)ccc1O. The van der Waals surface area contributed by atoms with Crippen molar-refractivity contribution < 1.29 is 15.3 Å². The molecule has 3 aromatic carbocycles. The van der Waals surface area contributed by atoms with Gasteiger partial charge in [-0.05, 0) is 79.3 Å². The highest BCUT2D eigenvalue weighted by Gasteiger charge is 2.32. The Hall–Kier alpha value is -2.94. The van der Waals surface area contributed by atoms with Crippen LogP contribution in [-0.2, 0) is 5.41 Å². The lowest BCUT2D eigenvalue weighted by molar-refractivity contribution is 0.469. The van der Waals surface area contributed by atoms with Crippen molar-refractivity contribution in [1.29, 1.82) is 0 Å². The van der Waals surface area contributed by atoms with Gasteiger partial charge < -0.3 is 15.3 Å². The smallest absolute Gasteiger partial charge is 0.118 e. The van der Waals surface area contributed by atoms with Crippen LogP contribution in [0.15, 0.2) is 54.6 Å². The van der Waals surface area contributed by atoms with Crippen molar-refractivity contribution in [2.45, 2.75) is 33.1 Å². The van der Waals surface area contributed by atoms with E-state index in [0.29, 0.717) is 0 Å². The average molecular weight is 348 g/mol. The van der Waals surface area contributed by atoms with Crippen LogP contribution in [0.4, 0.5) is 0 Å². The first-order valence-electron chi connectivity index (χ1n) is 8.63. The van der Waals surface area contributed by atoms with Crippen LogP contribution in [0.25, 0.3) is 0 Å². The lowest BCUT2D eigenvalue weighted by atomic mass is 9.70. The van der Waals surface area contributed by atoms with E-state index in [-0.39, 0.29) is 17.2 Å². The number of aryl methyl sites for hydroxylation is 3. The van der Waals surface area contributed by atoms with Gasteiger partial charge in [-0.1, -0.05) is 36.4 Å². The molecule has 0 spiro atoms. The Morgan fingerprint density at radius 3 is 1.04 bits per heavy atom. The van der Waals surface area contributed by atoms with Crippen LogP contribution < -0.4 is 0 Å². The third-order valence-corrected chi connectivity index (χ3v) is 5.32. The molecule has 0 aliphatic rings. The highest BCUT2D eigenvalue weighted by atomic mass is 16.3. The molecule has 3 aromatic rings. The number of phenolic OH excluding ortho intramolecular Hbond substituents is 3. The largest absolute Gasteiger partial charge is 0.508 e. The fourth-order valence-electron chi connectivity index (χ4n) is 3.40.